The molecular weight excluding hydrogens is 267 g/mol. The van der Waals surface area contributed by atoms with E-state index in [1.165, 1.54) is 0 Å². The Labute approximate surface area is 90.3 Å². The van der Waals surface area contributed by atoms with Crippen LogP contribution in [0.15, 0.2) is 30.9 Å². The Bertz CT molecular complexity index is 106. The van der Waals surface area contributed by atoms with Gasteiger partial charge in [-0.05, 0) is 0 Å². The van der Waals surface area contributed by atoms with Crippen molar-refractivity contribution in [2.75, 3.05) is 5.33 Å². The summed E-state index contributed by atoms with van der Waals surface area (Å²) in [6.07, 6.45) is 11.8. The van der Waals surface area contributed by atoms with Gasteiger partial charge in [0.2, 0.25) is 0 Å². The number of halogens is 1. The quantitative estimate of drug-likeness (QED) is 0.393. The van der Waals surface area contributed by atoms with Crippen LogP contribution in [0.25, 0.3) is 0 Å². The fourth-order valence-corrected chi connectivity index (χ4v) is 0.340. The summed E-state index contributed by atoms with van der Waals surface area (Å²) >= 11 is 3.13. The first-order valence-corrected chi connectivity index (χ1v) is 3.92. The van der Waals surface area contributed by atoms with Gasteiger partial charge in [-0.25, -0.2) is 12.2 Å². The molecule has 0 radical (unpaired) electrons. The van der Waals surface area contributed by atoms with Crippen LogP contribution in [0.5, 0.6) is 0 Å². The largest absolute Gasteiger partial charge is 0.273 e. The average molecular weight is 277 g/mol. The molecule has 0 spiro atoms. The molecule has 1 aliphatic carbocycles. The van der Waals surface area contributed by atoms with E-state index in [1.54, 1.807) is 6.08 Å². The van der Waals surface area contributed by atoms with Crippen LogP contribution < -0.4 is 0 Å². The third-order valence-corrected chi connectivity index (χ3v) is 1.15. The van der Waals surface area contributed by atoms with E-state index in [9.17, 15) is 0 Å². The van der Waals surface area contributed by atoms with Crippen molar-refractivity contribution < 1.29 is 26.2 Å². The van der Waals surface area contributed by atoms with Crippen LogP contribution in [0.2, 0.25) is 0 Å². The van der Waals surface area contributed by atoms with E-state index in [0.717, 1.165) is 11.8 Å². The first-order valence-electron chi connectivity index (χ1n) is 2.80. The summed E-state index contributed by atoms with van der Waals surface area (Å²) in [7, 11) is 0. The molecule has 0 aromatic carbocycles. The van der Waals surface area contributed by atoms with Gasteiger partial charge in [0.25, 0.3) is 0 Å². The van der Waals surface area contributed by atoms with Crippen molar-refractivity contribution in [3.63, 3.8) is 0 Å². The molecule has 10 heavy (non-hydrogen) atoms. The Morgan fingerprint density at radius 1 is 1.70 bits per heavy atom. The third kappa shape index (κ3) is 11.4. The minimum atomic E-state index is 0. The third-order valence-electron chi connectivity index (χ3n) is 0.695. The van der Waals surface area contributed by atoms with Crippen LogP contribution in [0.4, 0.5) is 0 Å². The van der Waals surface area contributed by atoms with Crippen molar-refractivity contribution in [2.24, 2.45) is 0 Å². The van der Waals surface area contributed by atoms with E-state index in [1.807, 2.05) is 12.2 Å². The zero-order valence-electron chi connectivity index (χ0n) is 5.81. The van der Waals surface area contributed by atoms with Gasteiger partial charge >= 0.3 is 0 Å². The molecule has 2 heteroatoms. The van der Waals surface area contributed by atoms with Crippen molar-refractivity contribution in [2.45, 2.75) is 6.42 Å². The predicted molar refractivity (Wildman–Crippen MR) is 45.6 cm³/mol. The smallest absolute Gasteiger partial charge is 0.0209 e. The Hall–Kier alpha value is 0.583. The monoisotopic (exact) mass is 275 g/mol. The van der Waals surface area contributed by atoms with Crippen molar-refractivity contribution >= 4 is 15.9 Å². The summed E-state index contributed by atoms with van der Waals surface area (Å²) in [4.78, 5) is 0. The second-order valence-electron chi connectivity index (χ2n) is 1.45. The van der Waals surface area contributed by atoms with Gasteiger partial charge in [0.1, 0.15) is 0 Å². The molecule has 0 saturated carbocycles. The van der Waals surface area contributed by atoms with Crippen molar-refractivity contribution in [1.82, 2.24) is 0 Å². The van der Waals surface area contributed by atoms with Gasteiger partial charge in [-0.3, -0.25) is 6.08 Å². The van der Waals surface area contributed by atoms with Crippen LogP contribution in [-0.4, -0.2) is 5.33 Å². The Kier molecular flexibility index (Phi) is 16.2. The summed E-state index contributed by atoms with van der Waals surface area (Å²) in [5, 5.41) is 0.896. The minimum absolute atomic E-state index is 0. The van der Waals surface area contributed by atoms with Crippen LogP contribution in [0.1, 0.15) is 6.42 Å². The van der Waals surface area contributed by atoms with E-state index in [4.69, 9.17) is 0 Å². The molecule has 0 N–H and O–H groups in total. The molecule has 0 unspecified atom stereocenters. The SMILES string of the molecule is C=CCBr.[C-]1=CC=CC1.[Zr]. The maximum absolute atomic E-state index is 3.43. The number of hydrogen-bond donors (Lipinski definition) is 0. The van der Waals surface area contributed by atoms with Gasteiger partial charge in [-0.1, -0.05) is 22.0 Å². The second kappa shape index (κ2) is 12.3. The van der Waals surface area contributed by atoms with Gasteiger partial charge in [-0.2, -0.15) is 6.08 Å². The molecular formula is C8H10BrZr-. The molecule has 0 aromatic heterocycles. The molecule has 0 heterocycles. The predicted octanol–water partition coefficient (Wildman–Crippen LogP) is 2.87. The average Bonchev–Trinajstić information content (AvgIpc) is 2.43. The van der Waals surface area contributed by atoms with E-state index in [0.29, 0.717) is 0 Å². The van der Waals surface area contributed by atoms with Gasteiger partial charge < -0.3 is 0 Å². The topological polar surface area (TPSA) is 0 Å². The van der Waals surface area contributed by atoms with Crippen LogP contribution in [0.3, 0.4) is 0 Å². The van der Waals surface area contributed by atoms with Gasteiger partial charge in [0.05, 0.1) is 0 Å². The van der Waals surface area contributed by atoms with E-state index < -0.39 is 0 Å². The maximum atomic E-state index is 3.43. The van der Waals surface area contributed by atoms with Gasteiger partial charge in [0.15, 0.2) is 0 Å². The first-order chi connectivity index (χ1) is 4.41. The van der Waals surface area contributed by atoms with Crippen molar-refractivity contribution in [3.05, 3.63) is 37.0 Å². The Balaban J connectivity index is 0. The summed E-state index contributed by atoms with van der Waals surface area (Å²) < 4.78 is 0. The molecule has 0 bridgehead atoms. The zero-order valence-corrected chi connectivity index (χ0v) is 9.85. The van der Waals surface area contributed by atoms with Gasteiger partial charge in [0, 0.05) is 31.5 Å². The molecule has 1 aliphatic rings. The maximum Gasteiger partial charge on any atom is 0.0209 e. The molecule has 1 rings (SSSR count). The Morgan fingerprint density at radius 2 is 2.30 bits per heavy atom. The van der Waals surface area contributed by atoms with E-state index in [-0.39, 0.29) is 26.2 Å². The second-order valence-corrected chi connectivity index (χ2v) is 2.09. The summed E-state index contributed by atoms with van der Waals surface area (Å²) in [5.41, 5.74) is 0. The molecule has 0 aromatic rings. The molecule has 0 fully saturated rings. The number of rotatable bonds is 1. The van der Waals surface area contributed by atoms with Gasteiger partial charge in [-0.15, -0.1) is 13.0 Å². The standard InChI is InChI=1S/C5H5.C3H5Br.Zr/c1-2-4-5-3-1;1-2-3-4;/h1-3H,4H2;2H,1,3H2;/q-1;;. The van der Waals surface area contributed by atoms with E-state index >= 15 is 0 Å². The fraction of sp³-hybridized carbons (Fsp3) is 0.250. The van der Waals surface area contributed by atoms with Crippen LogP contribution in [-0.2, 0) is 26.2 Å². The molecule has 0 nitrogen and oxygen atoms in total. The number of alkyl halides is 1. The van der Waals surface area contributed by atoms with Crippen LogP contribution >= 0.6 is 15.9 Å². The Morgan fingerprint density at radius 3 is 2.40 bits per heavy atom. The first kappa shape index (κ1) is 13.2. The summed E-state index contributed by atoms with van der Waals surface area (Å²) in [6.45, 7) is 3.43. The molecule has 0 aliphatic heterocycles. The summed E-state index contributed by atoms with van der Waals surface area (Å²) in [6, 6.07) is 0. The minimum Gasteiger partial charge on any atom is -0.273 e. The molecule has 0 atom stereocenters. The normalized spacial score (nSPS) is 11.3. The number of allylic oxidation sites excluding steroid dienone is 5. The molecule has 0 amide bonds. The fourth-order valence-electron chi connectivity index (χ4n) is 0.340. The zero-order chi connectivity index (χ0) is 6.95. The van der Waals surface area contributed by atoms with Crippen molar-refractivity contribution in [1.29, 1.82) is 0 Å². The van der Waals surface area contributed by atoms with Crippen LogP contribution in [0, 0.1) is 6.08 Å². The van der Waals surface area contributed by atoms with Crippen molar-refractivity contribution in [3.8, 4) is 0 Å². The van der Waals surface area contributed by atoms with E-state index in [2.05, 4.69) is 34.7 Å². The molecule has 0 saturated heterocycles. The number of hydrogen-bond acceptors (Lipinski definition) is 0. The molecule has 54 valence electrons. The summed E-state index contributed by atoms with van der Waals surface area (Å²) in [5.74, 6) is 0.